The summed E-state index contributed by atoms with van der Waals surface area (Å²) in [6, 6.07) is 38.6. The van der Waals surface area contributed by atoms with E-state index in [4.69, 9.17) is 0 Å². The molecule has 3 heteroatoms. The summed E-state index contributed by atoms with van der Waals surface area (Å²) >= 11 is 0. The summed E-state index contributed by atoms with van der Waals surface area (Å²) in [5.41, 5.74) is 10.3. The first-order chi connectivity index (χ1) is 20.5. The normalized spacial score (nSPS) is 12.7. The molecule has 0 saturated heterocycles. The number of aromatic nitrogens is 2. The highest BCUT2D eigenvalue weighted by Gasteiger charge is 2.28. The van der Waals surface area contributed by atoms with Gasteiger partial charge in [0.15, 0.2) is 0 Å². The van der Waals surface area contributed by atoms with E-state index in [9.17, 15) is 0 Å². The molecule has 7 rings (SSSR count). The minimum atomic E-state index is -1.60. The summed E-state index contributed by atoms with van der Waals surface area (Å²) in [5.74, 6) is 0. The molecule has 2 aromatic heterocycles. The van der Waals surface area contributed by atoms with Gasteiger partial charge >= 0.3 is 0 Å². The van der Waals surface area contributed by atoms with Gasteiger partial charge < -0.3 is 4.57 Å². The van der Waals surface area contributed by atoms with Gasteiger partial charge in [-0.15, -0.1) is 0 Å². The Morgan fingerprint density at radius 1 is 0.651 bits per heavy atom. The van der Waals surface area contributed by atoms with E-state index < -0.39 is 8.07 Å². The molecule has 0 N–H and O–H groups in total. The van der Waals surface area contributed by atoms with E-state index in [1.165, 1.54) is 76.7 Å². The minimum Gasteiger partial charge on any atom is -0.308 e. The molecular weight excluding hydrogens is 537 g/mol. The van der Waals surface area contributed by atoms with Gasteiger partial charge in [-0.1, -0.05) is 112 Å². The third kappa shape index (κ3) is 4.24. The van der Waals surface area contributed by atoms with Crippen LogP contribution in [0.25, 0.3) is 60.4 Å². The number of rotatable bonds is 3. The number of aryl methyl sites for hydroxylation is 2. The average molecular weight is 578 g/mol. The van der Waals surface area contributed by atoms with Crippen LogP contribution >= 0.6 is 0 Å². The predicted molar refractivity (Wildman–Crippen MR) is 189 cm³/mol. The largest absolute Gasteiger partial charge is 0.308 e. The topological polar surface area (TPSA) is 8.81 Å². The first-order valence-corrected chi connectivity index (χ1v) is 18.9. The van der Waals surface area contributed by atoms with Crippen molar-refractivity contribution in [2.24, 2.45) is 7.05 Å². The molecule has 214 valence electrons. The van der Waals surface area contributed by atoms with E-state index in [1.54, 1.807) is 0 Å². The van der Waals surface area contributed by atoms with Crippen molar-refractivity contribution in [2.75, 3.05) is 0 Å². The summed E-state index contributed by atoms with van der Waals surface area (Å²) in [6.07, 6.45) is 0. The van der Waals surface area contributed by atoms with Crippen LogP contribution in [-0.4, -0.2) is 12.6 Å². The molecule has 5 aromatic carbocycles. The molecule has 7 aromatic rings. The van der Waals surface area contributed by atoms with Gasteiger partial charge in [0, 0.05) is 22.9 Å². The Balaban J connectivity index is 1.65. The summed E-state index contributed by atoms with van der Waals surface area (Å²) in [5, 5.41) is 8.20. The number of hydrogen-bond donors (Lipinski definition) is 0. The van der Waals surface area contributed by atoms with Crippen molar-refractivity contribution in [3.63, 3.8) is 0 Å². The van der Waals surface area contributed by atoms with Crippen molar-refractivity contribution in [3.8, 4) is 16.9 Å². The van der Waals surface area contributed by atoms with E-state index in [-0.39, 0.29) is 5.41 Å². The standard InChI is InChI=1S/C40H41N2Si/c1-26-27-16-9-10-17-28(27)32(40(2,3)4)24-31(26)36-25-37(29-18-11-13-20-33(29)41(36)5)42-34-21-14-12-19-30(34)39-35(42)22-15-23-38(39)43(6,7)8/h9-25H,1-8H3/q+1. The lowest BCUT2D eigenvalue weighted by Gasteiger charge is -2.24. The second-order valence-corrected chi connectivity index (χ2v) is 19.2. The molecule has 0 bridgehead atoms. The maximum absolute atomic E-state index is 2.53. The molecule has 0 radical (unpaired) electrons. The average Bonchev–Trinajstić information content (AvgIpc) is 3.31. The molecule has 0 saturated carbocycles. The van der Waals surface area contributed by atoms with Gasteiger partial charge in [-0.05, 0) is 58.5 Å². The Kier molecular flexibility index (Phi) is 6.20. The second-order valence-electron chi connectivity index (χ2n) is 14.2. The molecule has 43 heavy (non-hydrogen) atoms. The number of benzene rings is 5. The fourth-order valence-corrected chi connectivity index (χ4v) is 8.78. The van der Waals surface area contributed by atoms with Crippen LogP contribution in [0, 0.1) is 6.92 Å². The number of fused-ring (bicyclic) bond motifs is 5. The lowest BCUT2D eigenvalue weighted by molar-refractivity contribution is -0.633. The zero-order chi connectivity index (χ0) is 30.3. The van der Waals surface area contributed by atoms with Crippen molar-refractivity contribution in [2.45, 2.75) is 52.8 Å². The molecule has 0 atom stereocenters. The number of nitrogens with zero attached hydrogens (tertiary/aromatic N) is 2. The van der Waals surface area contributed by atoms with E-state index in [0.717, 1.165) is 0 Å². The van der Waals surface area contributed by atoms with Crippen molar-refractivity contribution in [1.29, 1.82) is 0 Å². The highest BCUT2D eigenvalue weighted by molar-refractivity contribution is 6.90. The van der Waals surface area contributed by atoms with Crippen molar-refractivity contribution in [3.05, 3.63) is 114 Å². The fraction of sp³-hybridized carbons (Fsp3) is 0.225. The highest BCUT2D eigenvalue weighted by Crippen LogP contribution is 2.40. The lowest BCUT2D eigenvalue weighted by atomic mass is 9.80. The van der Waals surface area contributed by atoms with Gasteiger partial charge in [0.05, 0.1) is 35.7 Å². The molecule has 0 unspecified atom stereocenters. The maximum atomic E-state index is 2.53. The quantitative estimate of drug-likeness (QED) is 0.146. The van der Waals surface area contributed by atoms with Crippen LogP contribution in [0.3, 0.4) is 0 Å². The molecular formula is C40H41N2Si+. The molecule has 0 spiro atoms. The third-order valence-corrected chi connectivity index (χ3v) is 11.4. The van der Waals surface area contributed by atoms with Crippen LogP contribution in [-0.2, 0) is 12.5 Å². The molecule has 0 aliphatic rings. The Labute approximate surface area is 256 Å². The van der Waals surface area contributed by atoms with Gasteiger partial charge in [0.2, 0.25) is 11.2 Å². The molecule has 0 amide bonds. The minimum absolute atomic E-state index is 0.0143. The van der Waals surface area contributed by atoms with E-state index in [1.807, 2.05) is 0 Å². The van der Waals surface area contributed by atoms with Gasteiger partial charge in [0.25, 0.3) is 0 Å². The van der Waals surface area contributed by atoms with Crippen LogP contribution in [0.4, 0.5) is 0 Å². The van der Waals surface area contributed by atoms with Crippen molar-refractivity contribution < 1.29 is 4.57 Å². The van der Waals surface area contributed by atoms with Gasteiger partial charge in [0.1, 0.15) is 7.05 Å². The fourth-order valence-electron chi connectivity index (χ4n) is 7.17. The molecule has 0 fully saturated rings. The SMILES string of the molecule is Cc1c(-c2cc(-n3c4ccccc4c4c([Si](C)(C)C)cccc43)c3ccccc3[n+]2C)cc(C(C)(C)C)c2ccccc12. The Morgan fingerprint density at radius 3 is 1.95 bits per heavy atom. The van der Waals surface area contributed by atoms with Crippen molar-refractivity contribution >= 4 is 56.7 Å². The first kappa shape index (κ1) is 27.6. The van der Waals surface area contributed by atoms with Gasteiger partial charge in [-0.25, -0.2) is 0 Å². The summed E-state index contributed by atoms with van der Waals surface area (Å²) in [4.78, 5) is 0. The maximum Gasteiger partial charge on any atom is 0.215 e. The van der Waals surface area contributed by atoms with Crippen LogP contribution in [0.2, 0.25) is 19.6 Å². The Morgan fingerprint density at radius 2 is 1.26 bits per heavy atom. The summed E-state index contributed by atoms with van der Waals surface area (Å²) in [7, 11) is 0.620. The van der Waals surface area contributed by atoms with Gasteiger partial charge in [-0.2, -0.15) is 4.57 Å². The van der Waals surface area contributed by atoms with Gasteiger partial charge in [-0.3, -0.25) is 0 Å². The van der Waals surface area contributed by atoms with Crippen LogP contribution in [0.1, 0.15) is 31.9 Å². The van der Waals surface area contributed by atoms with E-state index in [2.05, 4.69) is 167 Å². The smallest absolute Gasteiger partial charge is 0.215 e. The number of para-hydroxylation sites is 2. The molecule has 0 aliphatic carbocycles. The third-order valence-electron chi connectivity index (χ3n) is 9.32. The predicted octanol–water partition coefficient (Wildman–Crippen LogP) is 9.73. The van der Waals surface area contributed by atoms with Crippen molar-refractivity contribution in [1.82, 2.24) is 4.57 Å². The molecule has 2 heterocycles. The molecule has 2 nitrogen and oxygen atoms in total. The number of hydrogen-bond acceptors (Lipinski definition) is 0. The zero-order valence-electron chi connectivity index (χ0n) is 26.7. The Hall–Kier alpha value is -4.21. The van der Waals surface area contributed by atoms with E-state index >= 15 is 0 Å². The zero-order valence-corrected chi connectivity index (χ0v) is 27.7. The van der Waals surface area contributed by atoms with E-state index in [0.29, 0.717) is 0 Å². The molecule has 0 aliphatic heterocycles. The first-order valence-electron chi connectivity index (χ1n) is 15.4. The monoisotopic (exact) mass is 577 g/mol. The second kappa shape index (κ2) is 9.65. The summed E-state index contributed by atoms with van der Waals surface area (Å²) in [6.45, 7) is 16.6. The Bertz CT molecular complexity index is 2220. The van der Waals surface area contributed by atoms with Crippen LogP contribution in [0.15, 0.2) is 103 Å². The van der Waals surface area contributed by atoms with Crippen LogP contribution < -0.4 is 9.75 Å². The van der Waals surface area contributed by atoms with Crippen LogP contribution in [0.5, 0.6) is 0 Å². The summed E-state index contributed by atoms with van der Waals surface area (Å²) < 4.78 is 4.92. The number of pyridine rings is 1. The lowest BCUT2D eigenvalue weighted by Crippen LogP contribution is -2.37. The highest BCUT2D eigenvalue weighted by atomic mass is 28.3.